The Morgan fingerprint density at radius 1 is 1.43 bits per heavy atom. The first kappa shape index (κ1) is 11.5. The molecule has 0 atom stereocenters. The molecule has 0 aliphatic heterocycles. The molecule has 0 spiro atoms. The SMILES string of the molecule is Cc1cnn(COCC[SiH-](C)(C)C)c1. The van der Waals surface area contributed by atoms with Gasteiger partial charge in [-0.25, -0.2) is 0 Å². The number of hydrogen-bond acceptors (Lipinski definition) is 2. The molecule has 0 unspecified atom stereocenters. The van der Waals surface area contributed by atoms with Crippen LogP contribution in [-0.4, -0.2) is 24.5 Å². The van der Waals surface area contributed by atoms with E-state index < -0.39 is 8.07 Å². The Morgan fingerprint density at radius 3 is 2.64 bits per heavy atom. The van der Waals surface area contributed by atoms with Crippen molar-refractivity contribution in [3.8, 4) is 0 Å². The van der Waals surface area contributed by atoms with Gasteiger partial charge in [0.2, 0.25) is 0 Å². The van der Waals surface area contributed by atoms with Crippen LogP contribution in [0.25, 0.3) is 0 Å². The molecule has 0 radical (unpaired) electrons. The zero-order chi connectivity index (χ0) is 10.6. The number of ether oxygens (including phenoxy) is 1. The molecular formula is C10H21N2OSi-. The van der Waals surface area contributed by atoms with E-state index in [0.29, 0.717) is 6.73 Å². The fraction of sp³-hybridized carbons (Fsp3) is 0.700. The Bertz CT molecular complexity index is 278. The summed E-state index contributed by atoms with van der Waals surface area (Å²) in [7, 11) is -1.20. The van der Waals surface area contributed by atoms with Gasteiger partial charge in [-0.3, -0.25) is 0 Å². The Morgan fingerprint density at radius 2 is 2.14 bits per heavy atom. The van der Waals surface area contributed by atoms with Gasteiger partial charge in [-0.05, 0) is 0 Å². The molecule has 0 aromatic carbocycles. The molecule has 0 aliphatic carbocycles. The van der Waals surface area contributed by atoms with Crippen molar-refractivity contribution in [2.45, 2.75) is 39.3 Å². The van der Waals surface area contributed by atoms with Crippen molar-refractivity contribution in [1.29, 1.82) is 0 Å². The standard InChI is InChI=1S/C10H21N2OSi/c1-10-7-11-12(8-10)9-13-5-6-14(2,3)4/h7-8,14H,5-6,9H2,1-4H3/q-1. The molecule has 3 nitrogen and oxygen atoms in total. The molecule has 82 valence electrons. The van der Waals surface area contributed by atoms with Gasteiger partial charge in [0.15, 0.2) is 0 Å². The predicted octanol–water partition coefficient (Wildman–Crippen LogP) is 2.24. The van der Waals surface area contributed by atoms with Gasteiger partial charge in [-0.2, -0.15) is 0 Å². The summed E-state index contributed by atoms with van der Waals surface area (Å²) in [4.78, 5) is 0. The van der Waals surface area contributed by atoms with Crippen molar-refractivity contribution in [1.82, 2.24) is 9.78 Å². The minimum atomic E-state index is -1.20. The third-order valence-corrected chi connectivity index (χ3v) is 4.08. The van der Waals surface area contributed by atoms with E-state index in [1.165, 1.54) is 11.6 Å². The van der Waals surface area contributed by atoms with Crippen molar-refractivity contribution >= 4 is 8.07 Å². The predicted molar refractivity (Wildman–Crippen MR) is 62.5 cm³/mol. The van der Waals surface area contributed by atoms with Crippen LogP contribution in [0, 0.1) is 6.92 Å². The fourth-order valence-electron chi connectivity index (χ4n) is 1.13. The second-order valence-corrected chi connectivity index (χ2v) is 11.8. The van der Waals surface area contributed by atoms with E-state index >= 15 is 0 Å². The summed E-state index contributed by atoms with van der Waals surface area (Å²) in [6.07, 6.45) is 3.85. The van der Waals surface area contributed by atoms with E-state index in [1.54, 1.807) is 0 Å². The van der Waals surface area contributed by atoms with Crippen LogP contribution in [0.4, 0.5) is 0 Å². The summed E-state index contributed by atoms with van der Waals surface area (Å²) in [6, 6.07) is 1.24. The summed E-state index contributed by atoms with van der Waals surface area (Å²) in [5.74, 6) is 0. The van der Waals surface area contributed by atoms with Gasteiger partial charge in [-0.15, -0.1) is 0 Å². The molecule has 1 aromatic heterocycles. The van der Waals surface area contributed by atoms with Crippen LogP contribution >= 0.6 is 0 Å². The summed E-state index contributed by atoms with van der Waals surface area (Å²) >= 11 is 0. The van der Waals surface area contributed by atoms with E-state index in [4.69, 9.17) is 4.74 Å². The van der Waals surface area contributed by atoms with Crippen LogP contribution in [0.2, 0.25) is 25.7 Å². The number of aryl methyl sites for hydroxylation is 1. The second kappa shape index (κ2) is 4.75. The molecule has 1 aromatic rings. The number of aromatic nitrogens is 2. The van der Waals surface area contributed by atoms with Gasteiger partial charge in [0.1, 0.15) is 0 Å². The first-order chi connectivity index (χ1) is 6.47. The Labute approximate surface area is 87.1 Å². The van der Waals surface area contributed by atoms with Crippen molar-refractivity contribution in [2.75, 3.05) is 6.61 Å². The van der Waals surface area contributed by atoms with E-state index in [9.17, 15) is 0 Å². The number of nitrogens with zero attached hydrogens (tertiary/aromatic N) is 2. The molecule has 4 heteroatoms. The molecule has 0 amide bonds. The van der Waals surface area contributed by atoms with E-state index in [0.717, 1.165) is 6.61 Å². The van der Waals surface area contributed by atoms with Gasteiger partial charge in [0.05, 0.1) is 0 Å². The molecule has 14 heavy (non-hydrogen) atoms. The van der Waals surface area contributed by atoms with Crippen molar-refractivity contribution in [3.05, 3.63) is 18.0 Å². The Balaban J connectivity index is 2.16. The summed E-state index contributed by atoms with van der Waals surface area (Å²) < 4.78 is 7.39. The van der Waals surface area contributed by atoms with Crippen molar-refractivity contribution in [3.63, 3.8) is 0 Å². The van der Waals surface area contributed by atoms with Gasteiger partial charge >= 0.3 is 86.5 Å². The summed E-state index contributed by atoms with van der Waals surface area (Å²) in [5, 5.41) is 4.16. The van der Waals surface area contributed by atoms with Gasteiger partial charge in [-0.1, -0.05) is 0 Å². The van der Waals surface area contributed by atoms with Crippen LogP contribution < -0.4 is 0 Å². The first-order valence-electron chi connectivity index (χ1n) is 5.33. The average molecular weight is 213 g/mol. The molecular weight excluding hydrogens is 192 g/mol. The molecule has 0 bridgehead atoms. The maximum absolute atomic E-state index is 5.55. The normalized spacial score (nSPS) is 13.1. The fourth-order valence-corrected chi connectivity index (χ4v) is 2.01. The maximum atomic E-state index is 5.55. The van der Waals surface area contributed by atoms with Crippen molar-refractivity contribution < 1.29 is 4.74 Å². The van der Waals surface area contributed by atoms with E-state index in [1.807, 2.05) is 24.0 Å². The van der Waals surface area contributed by atoms with Crippen LogP contribution in [0.5, 0.6) is 0 Å². The van der Waals surface area contributed by atoms with Gasteiger partial charge < -0.3 is 0 Å². The molecule has 0 aliphatic rings. The molecule has 0 fully saturated rings. The summed E-state index contributed by atoms with van der Waals surface area (Å²) in [6.45, 7) is 10.6. The van der Waals surface area contributed by atoms with Gasteiger partial charge in [0.25, 0.3) is 0 Å². The van der Waals surface area contributed by atoms with E-state index in [2.05, 4.69) is 24.7 Å². The van der Waals surface area contributed by atoms with Crippen LogP contribution in [0.1, 0.15) is 5.56 Å². The molecule has 1 heterocycles. The number of hydrogen-bond donors (Lipinski definition) is 0. The molecule has 0 saturated heterocycles. The average Bonchev–Trinajstić information content (AvgIpc) is 2.44. The van der Waals surface area contributed by atoms with Crippen LogP contribution in [0.3, 0.4) is 0 Å². The first-order valence-corrected chi connectivity index (χ1v) is 9.61. The Hall–Kier alpha value is -0.613. The third kappa shape index (κ3) is 4.57. The Kier molecular flexibility index (Phi) is 3.89. The topological polar surface area (TPSA) is 27.1 Å². The molecule has 0 N–H and O–H groups in total. The van der Waals surface area contributed by atoms with Crippen molar-refractivity contribution in [2.24, 2.45) is 0 Å². The number of rotatable bonds is 5. The van der Waals surface area contributed by atoms with E-state index in [-0.39, 0.29) is 0 Å². The zero-order valence-electron chi connectivity index (χ0n) is 9.66. The van der Waals surface area contributed by atoms with Crippen LogP contribution in [-0.2, 0) is 11.5 Å². The van der Waals surface area contributed by atoms with Gasteiger partial charge in [0, 0.05) is 0 Å². The van der Waals surface area contributed by atoms with Crippen LogP contribution in [0.15, 0.2) is 12.4 Å². The monoisotopic (exact) mass is 213 g/mol. The summed E-state index contributed by atoms with van der Waals surface area (Å²) in [5.41, 5.74) is 1.18. The molecule has 1 rings (SSSR count). The molecule has 0 saturated carbocycles. The second-order valence-electron chi connectivity index (χ2n) is 5.34. The minimum absolute atomic E-state index is 0.586. The third-order valence-electron chi connectivity index (χ3n) is 2.11. The zero-order valence-corrected chi connectivity index (χ0v) is 10.8. The quantitative estimate of drug-likeness (QED) is 0.554.